The van der Waals surface area contributed by atoms with Crippen molar-refractivity contribution in [2.75, 3.05) is 19.3 Å². The molecule has 2 N–H and O–H groups in total. The lowest BCUT2D eigenvalue weighted by molar-refractivity contribution is 0.214. The van der Waals surface area contributed by atoms with Gasteiger partial charge >= 0.3 is 0 Å². The number of hydrogen-bond donors (Lipinski definition) is 1. The molecule has 1 aliphatic heterocycles. The van der Waals surface area contributed by atoms with Crippen LogP contribution in [0, 0.1) is 0 Å². The second-order valence-corrected chi connectivity index (χ2v) is 8.72. The predicted molar refractivity (Wildman–Crippen MR) is 89.6 cm³/mol. The maximum atomic E-state index is 5.90. The summed E-state index contributed by atoms with van der Waals surface area (Å²) in [4.78, 5) is 4.58. The van der Waals surface area contributed by atoms with E-state index in [0.29, 0.717) is 4.99 Å². The molecule has 1 aromatic rings. The second kappa shape index (κ2) is 6.22. The molecule has 2 rings (SSSR count). The minimum atomic E-state index is 0.0296. The zero-order valence-electron chi connectivity index (χ0n) is 10.3. The van der Waals surface area contributed by atoms with Gasteiger partial charge in [-0.05, 0) is 47.2 Å². The van der Waals surface area contributed by atoms with Gasteiger partial charge < -0.3 is 5.73 Å². The van der Waals surface area contributed by atoms with Gasteiger partial charge in [0.25, 0.3) is 0 Å². The molecule has 0 spiro atoms. The van der Waals surface area contributed by atoms with Crippen LogP contribution in [0.25, 0.3) is 0 Å². The molecular weight excluding hydrogens is 348 g/mol. The molecule has 1 fully saturated rings. The van der Waals surface area contributed by atoms with Gasteiger partial charge in [-0.15, -0.1) is 11.3 Å². The van der Waals surface area contributed by atoms with Gasteiger partial charge in [0.2, 0.25) is 0 Å². The third-order valence-electron chi connectivity index (χ3n) is 3.51. The second-order valence-electron chi connectivity index (χ2n) is 4.54. The molecule has 0 atom stereocenters. The number of likely N-dealkylation sites (tertiary alicyclic amines) is 1. The van der Waals surface area contributed by atoms with Crippen LogP contribution >= 0.6 is 51.2 Å². The molecular formula is C12H17BrN2S3. The first-order valence-corrected chi connectivity index (χ1v) is 9.11. The number of nitrogens with two attached hydrogens (primary N) is 1. The molecule has 1 saturated heterocycles. The van der Waals surface area contributed by atoms with Crippen molar-refractivity contribution < 1.29 is 0 Å². The van der Waals surface area contributed by atoms with E-state index in [1.165, 1.54) is 8.66 Å². The van der Waals surface area contributed by atoms with Crippen molar-refractivity contribution in [3.8, 4) is 0 Å². The molecule has 0 bridgehead atoms. The minimum absolute atomic E-state index is 0.0296. The molecule has 1 aliphatic rings. The maximum Gasteiger partial charge on any atom is 0.0891 e. The van der Waals surface area contributed by atoms with E-state index in [0.717, 1.165) is 32.5 Å². The summed E-state index contributed by atoms with van der Waals surface area (Å²) in [7, 11) is 0. The standard InChI is InChI=1S/C12H17BrN2S3/c1-17-12(11(14)16)4-6-15(7-5-12)8-9-2-3-10(13)18-9/h2-3H,4-8H2,1H3,(H2,14,16). The molecule has 100 valence electrons. The molecule has 18 heavy (non-hydrogen) atoms. The summed E-state index contributed by atoms with van der Waals surface area (Å²) in [6.45, 7) is 3.19. The summed E-state index contributed by atoms with van der Waals surface area (Å²) in [6, 6.07) is 4.31. The van der Waals surface area contributed by atoms with Crippen LogP contribution in [-0.4, -0.2) is 34.0 Å². The van der Waals surface area contributed by atoms with E-state index in [-0.39, 0.29) is 4.75 Å². The Kier molecular flexibility index (Phi) is 5.11. The topological polar surface area (TPSA) is 29.3 Å². The number of rotatable bonds is 4. The maximum absolute atomic E-state index is 5.90. The fourth-order valence-corrected chi connectivity index (χ4v) is 5.05. The van der Waals surface area contributed by atoms with Crippen molar-refractivity contribution >= 4 is 56.2 Å². The lowest BCUT2D eigenvalue weighted by atomic mass is 9.95. The zero-order chi connectivity index (χ0) is 13.2. The summed E-state index contributed by atoms with van der Waals surface area (Å²) in [5.41, 5.74) is 5.90. The van der Waals surface area contributed by atoms with Crippen molar-refractivity contribution in [1.29, 1.82) is 0 Å². The summed E-state index contributed by atoms with van der Waals surface area (Å²) in [5.74, 6) is 0. The normalized spacial score (nSPS) is 19.9. The first-order chi connectivity index (χ1) is 8.55. The smallest absolute Gasteiger partial charge is 0.0891 e. The molecule has 2 heterocycles. The van der Waals surface area contributed by atoms with Gasteiger partial charge in [-0.3, -0.25) is 4.90 Å². The molecule has 6 heteroatoms. The SMILES string of the molecule is CSC1(C(N)=S)CCN(Cc2ccc(Br)s2)CC1. The van der Waals surface area contributed by atoms with Crippen LogP contribution in [-0.2, 0) is 6.54 Å². The minimum Gasteiger partial charge on any atom is -0.392 e. The van der Waals surface area contributed by atoms with Gasteiger partial charge in [0.15, 0.2) is 0 Å². The highest BCUT2D eigenvalue weighted by Gasteiger charge is 2.36. The Morgan fingerprint density at radius 2 is 2.22 bits per heavy atom. The van der Waals surface area contributed by atoms with Gasteiger partial charge in [-0.25, -0.2) is 0 Å². The van der Waals surface area contributed by atoms with E-state index in [1.807, 2.05) is 23.1 Å². The van der Waals surface area contributed by atoms with Crippen LogP contribution in [0.15, 0.2) is 15.9 Å². The third-order valence-corrected chi connectivity index (χ3v) is 7.05. The first kappa shape index (κ1) is 14.8. The van der Waals surface area contributed by atoms with Crippen LogP contribution in [0.3, 0.4) is 0 Å². The van der Waals surface area contributed by atoms with Crippen LogP contribution in [0.5, 0.6) is 0 Å². The summed E-state index contributed by atoms with van der Waals surface area (Å²) in [5, 5.41) is 0. The molecule has 0 aliphatic carbocycles. The largest absolute Gasteiger partial charge is 0.392 e. The lowest BCUT2D eigenvalue weighted by Gasteiger charge is -2.39. The van der Waals surface area contributed by atoms with E-state index in [1.54, 1.807) is 0 Å². The fraction of sp³-hybridized carbons (Fsp3) is 0.583. The highest BCUT2D eigenvalue weighted by molar-refractivity contribution is 9.11. The predicted octanol–water partition coefficient (Wildman–Crippen LogP) is 3.49. The Morgan fingerprint density at radius 3 is 2.67 bits per heavy atom. The van der Waals surface area contributed by atoms with Crippen LogP contribution in [0.4, 0.5) is 0 Å². The van der Waals surface area contributed by atoms with Crippen molar-refractivity contribution in [3.63, 3.8) is 0 Å². The van der Waals surface area contributed by atoms with Crippen LogP contribution < -0.4 is 5.73 Å². The number of hydrogen-bond acceptors (Lipinski definition) is 4. The Bertz CT molecular complexity index is 425. The monoisotopic (exact) mass is 364 g/mol. The average Bonchev–Trinajstić information content (AvgIpc) is 2.76. The Morgan fingerprint density at radius 1 is 1.56 bits per heavy atom. The Labute approximate surface area is 130 Å². The van der Waals surface area contributed by atoms with Crippen molar-refractivity contribution in [2.24, 2.45) is 5.73 Å². The van der Waals surface area contributed by atoms with Crippen LogP contribution in [0.1, 0.15) is 17.7 Å². The summed E-state index contributed by atoms with van der Waals surface area (Å²) in [6.07, 6.45) is 4.25. The number of thioether (sulfide) groups is 1. The molecule has 0 aromatic carbocycles. The van der Waals surface area contributed by atoms with E-state index in [9.17, 15) is 0 Å². The number of piperidine rings is 1. The van der Waals surface area contributed by atoms with Crippen molar-refractivity contribution in [1.82, 2.24) is 4.90 Å². The molecule has 0 amide bonds. The zero-order valence-corrected chi connectivity index (χ0v) is 14.4. The highest BCUT2D eigenvalue weighted by Crippen LogP contribution is 2.35. The van der Waals surface area contributed by atoms with Gasteiger partial charge in [0, 0.05) is 24.5 Å². The Balaban J connectivity index is 1.92. The average molecular weight is 365 g/mol. The van der Waals surface area contributed by atoms with E-state index in [4.69, 9.17) is 18.0 Å². The van der Waals surface area contributed by atoms with Gasteiger partial charge in [-0.1, -0.05) is 12.2 Å². The van der Waals surface area contributed by atoms with Crippen LogP contribution in [0.2, 0.25) is 0 Å². The molecule has 0 unspecified atom stereocenters. The van der Waals surface area contributed by atoms with Crippen molar-refractivity contribution in [2.45, 2.75) is 24.1 Å². The van der Waals surface area contributed by atoms with Gasteiger partial charge in [0.1, 0.15) is 0 Å². The molecule has 2 nitrogen and oxygen atoms in total. The number of halogens is 1. The van der Waals surface area contributed by atoms with Gasteiger partial charge in [0.05, 0.1) is 13.5 Å². The molecule has 0 radical (unpaired) electrons. The Hall–Kier alpha value is 0.380. The summed E-state index contributed by atoms with van der Waals surface area (Å²) >= 11 is 12.4. The number of thiophene rings is 1. The van der Waals surface area contributed by atoms with E-state index >= 15 is 0 Å². The highest BCUT2D eigenvalue weighted by atomic mass is 79.9. The van der Waals surface area contributed by atoms with E-state index in [2.05, 4.69) is 39.2 Å². The molecule has 0 saturated carbocycles. The quantitative estimate of drug-likeness (QED) is 0.827. The van der Waals surface area contributed by atoms with E-state index < -0.39 is 0 Å². The van der Waals surface area contributed by atoms with Crippen molar-refractivity contribution in [3.05, 3.63) is 20.8 Å². The van der Waals surface area contributed by atoms with Gasteiger partial charge in [-0.2, -0.15) is 11.8 Å². The fourth-order valence-electron chi connectivity index (χ4n) is 2.28. The first-order valence-electron chi connectivity index (χ1n) is 5.87. The number of nitrogens with zero attached hydrogens (tertiary/aromatic N) is 1. The number of thiocarbonyl (C=S) groups is 1. The molecule has 1 aromatic heterocycles. The third kappa shape index (κ3) is 3.28. The summed E-state index contributed by atoms with van der Waals surface area (Å²) < 4.78 is 1.23. The lowest BCUT2D eigenvalue weighted by Crippen LogP contribution is -2.48.